The molecule has 0 atom stereocenters. The number of nitrogens with two attached hydrogens (primary N) is 1. The van der Waals surface area contributed by atoms with Gasteiger partial charge >= 0.3 is 0 Å². The van der Waals surface area contributed by atoms with E-state index in [2.05, 4.69) is 0 Å². The second-order valence-corrected chi connectivity index (χ2v) is 6.67. The van der Waals surface area contributed by atoms with E-state index >= 15 is 0 Å². The molecule has 21 heavy (non-hydrogen) atoms. The first-order valence-corrected chi connectivity index (χ1v) is 8.19. The second kappa shape index (κ2) is 6.24. The third-order valence-corrected chi connectivity index (χ3v) is 4.13. The van der Waals surface area contributed by atoms with Gasteiger partial charge in [0.2, 0.25) is 0 Å². The predicted molar refractivity (Wildman–Crippen MR) is 78.2 cm³/mol. The number of benzene rings is 2. The van der Waals surface area contributed by atoms with Crippen LogP contribution < -0.4 is 10.5 Å². The van der Waals surface area contributed by atoms with Crippen molar-refractivity contribution >= 4 is 9.84 Å². The predicted octanol–water partition coefficient (Wildman–Crippen LogP) is 2.27. The maximum absolute atomic E-state index is 13.3. The van der Waals surface area contributed by atoms with Crippen molar-refractivity contribution in [3.63, 3.8) is 0 Å². The minimum atomic E-state index is -3.29. The quantitative estimate of drug-likeness (QED) is 0.920. The van der Waals surface area contributed by atoms with Crippen LogP contribution in [0.2, 0.25) is 0 Å². The number of halogens is 1. The highest BCUT2D eigenvalue weighted by Crippen LogP contribution is 2.20. The van der Waals surface area contributed by atoms with Gasteiger partial charge in [-0.25, -0.2) is 12.8 Å². The molecule has 6 heteroatoms. The van der Waals surface area contributed by atoms with Crippen molar-refractivity contribution in [3.05, 3.63) is 59.4 Å². The molecule has 0 radical (unpaired) electrons. The normalized spacial score (nSPS) is 11.4. The van der Waals surface area contributed by atoms with Crippen LogP contribution in [0.4, 0.5) is 4.39 Å². The van der Waals surface area contributed by atoms with Gasteiger partial charge in [-0.1, -0.05) is 12.1 Å². The molecular formula is C15H16FNO3S. The summed E-state index contributed by atoms with van der Waals surface area (Å²) in [6.07, 6.45) is 1.13. The monoisotopic (exact) mass is 309 g/mol. The van der Waals surface area contributed by atoms with Crippen molar-refractivity contribution in [2.45, 2.75) is 18.0 Å². The summed E-state index contributed by atoms with van der Waals surface area (Å²) < 4.78 is 41.8. The van der Waals surface area contributed by atoms with Crippen LogP contribution in [0.3, 0.4) is 0 Å². The van der Waals surface area contributed by atoms with Crippen molar-refractivity contribution in [1.82, 2.24) is 0 Å². The molecule has 0 fully saturated rings. The Labute approximate surface area is 123 Å². The molecule has 0 aliphatic carbocycles. The first-order valence-electron chi connectivity index (χ1n) is 6.30. The molecule has 0 aliphatic rings. The lowest BCUT2D eigenvalue weighted by Crippen LogP contribution is -2.05. The molecule has 0 amide bonds. The zero-order valence-electron chi connectivity index (χ0n) is 11.5. The first kappa shape index (κ1) is 15.5. The Bertz CT molecular complexity index is 744. The smallest absolute Gasteiger partial charge is 0.175 e. The average Bonchev–Trinajstić information content (AvgIpc) is 2.45. The van der Waals surface area contributed by atoms with E-state index in [1.807, 2.05) is 0 Å². The molecule has 0 unspecified atom stereocenters. The molecule has 2 N–H and O–H groups in total. The summed E-state index contributed by atoms with van der Waals surface area (Å²) in [5.41, 5.74) is 7.02. The highest BCUT2D eigenvalue weighted by molar-refractivity contribution is 7.90. The number of ether oxygens (including phenoxy) is 1. The largest absolute Gasteiger partial charge is 0.489 e. The Morgan fingerprint density at radius 3 is 2.57 bits per heavy atom. The van der Waals surface area contributed by atoms with Crippen molar-refractivity contribution in [3.8, 4) is 5.75 Å². The minimum Gasteiger partial charge on any atom is -0.489 e. The lowest BCUT2D eigenvalue weighted by atomic mass is 10.1. The van der Waals surface area contributed by atoms with E-state index in [9.17, 15) is 12.8 Å². The van der Waals surface area contributed by atoms with Gasteiger partial charge in [-0.2, -0.15) is 0 Å². The molecule has 4 nitrogen and oxygen atoms in total. The van der Waals surface area contributed by atoms with Gasteiger partial charge in [-0.05, 0) is 41.5 Å². The lowest BCUT2D eigenvalue weighted by Gasteiger charge is -2.11. The van der Waals surface area contributed by atoms with Gasteiger partial charge in [-0.15, -0.1) is 0 Å². The fourth-order valence-corrected chi connectivity index (χ4v) is 2.54. The molecule has 2 aromatic carbocycles. The zero-order valence-corrected chi connectivity index (χ0v) is 12.4. The summed E-state index contributed by atoms with van der Waals surface area (Å²) in [6, 6.07) is 10.5. The van der Waals surface area contributed by atoms with Crippen LogP contribution in [-0.2, 0) is 23.0 Å². The van der Waals surface area contributed by atoms with Crippen LogP contribution in [0.25, 0.3) is 0 Å². The van der Waals surface area contributed by atoms with E-state index in [1.165, 1.54) is 24.3 Å². The maximum atomic E-state index is 13.3. The number of hydrogen-bond acceptors (Lipinski definition) is 4. The van der Waals surface area contributed by atoms with E-state index < -0.39 is 9.84 Å². The van der Waals surface area contributed by atoms with E-state index in [0.717, 1.165) is 11.8 Å². The second-order valence-electron chi connectivity index (χ2n) is 4.65. The summed E-state index contributed by atoms with van der Waals surface area (Å²) in [5.74, 6) is 0.0424. The van der Waals surface area contributed by atoms with Crippen LogP contribution in [0.5, 0.6) is 5.75 Å². The molecule has 0 saturated heterocycles. The van der Waals surface area contributed by atoms with E-state index in [0.29, 0.717) is 11.3 Å². The Morgan fingerprint density at radius 2 is 1.90 bits per heavy atom. The minimum absolute atomic E-state index is 0.123. The topological polar surface area (TPSA) is 69.4 Å². The lowest BCUT2D eigenvalue weighted by molar-refractivity contribution is 0.303. The fourth-order valence-electron chi connectivity index (χ4n) is 1.88. The summed E-state index contributed by atoms with van der Waals surface area (Å²) >= 11 is 0. The van der Waals surface area contributed by atoms with Crippen LogP contribution in [-0.4, -0.2) is 14.7 Å². The van der Waals surface area contributed by atoms with Gasteiger partial charge in [0.05, 0.1) is 4.90 Å². The van der Waals surface area contributed by atoms with Crippen molar-refractivity contribution in [1.29, 1.82) is 0 Å². The third-order valence-electron chi connectivity index (χ3n) is 3.02. The van der Waals surface area contributed by atoms with E-state index in [1.54, 1.807) is 18.2 Å². The van der Waals surface area contributed by atoms with Crippen molar-refractivity contribution < 1.29 is 17.5 Å². The summed E-state index contributed by atoms with van der Waals surface area (Å²) in [4.78, 5) is 0.179. The summed E-state index contributed by atoms with van der Waals surface area (Å²) in [6.45, 7) is 0.403. The highest BCUT2D eigenvalue weighted by atomic mass is 32.2. The average molecular weight is 309 g/mol. The number of rotatable bonds is 5. The van der Waals surface area contributed by atoms with Gasteiger partial charge in [-0.3, -0.25) is 0 Å². The van der Waals surface area contributed by atoms with E-state index in [-0.39, 0.29) is 23.9 Å². The molecule has 0 heterocycles. The molecule has 0 aromatic heterocycles. The Hall–Kier alpha value is -1.92. The standard InChI is InChI=1S/C15H16FNO3S/c1-21(18,19)15-4-2-3-14(8-15)20-10-12-7-13(16)6-5-11(12)9-17/h2-8H,9-10,17H2,1H3. The zero-order chi connectivity index (χ0) is 15.5. The van der Waals surface area contributed by atoms with Crippen LogP contribution in [0.15, 0.2) is 47.4 Å². The molecule has 0 bridgehead atoms. The summed E-state index contributed by atoms with van der Waals surface area (Å²) in [7, 11) is -3.29. The van der Waals surface area contributed by atoms with E-state index in [4.69, 9.17) is 10.5 Å². The van der Waals surface area contributed by atoms with Crippen molar-refractivity contribution in [2.75, 3.05) is 6.26 Å². The SMILES string of the molecule is CS(=O)(=O)c1cccc(OCc2cc(F)ccc2CN)c1. The first-order chi connectivity index (χ1) is 9.90. The third kappa shape index (κ3) is 4.03. The number of hydrogen-bond donors (Lipinski definition) is 1. The fraction of sp³-hybridized carbons (Fsp3) is 0.200. The molecule has 112 valence electrons. The van der Waals surface area contributed by atoms with Gasteiger partial charge in [0.1, 0.15) is 18.2 Å². The molecule has 0 aliphatic heterocycles. The number of sulfone groups is 1. The Morgan fingerprint density at radius 1 is 1.14 bits per heavy atom. The molecular weight excluding hydrogens is 293 g/mol. The van der Waals surface area contributed by atoms with Gasteiger partial charge in [0.15, 0.2) is 9.84 Å². The van der Waals surface area contributed by atoms with Gasteiger partial charge < -0.3 is 10.5 Å². The highest BCUT2D eigenvalue weighted by Gasteiger charge is 2.09. The van der Waals surface area contributed by atoms with Crippen LogP contribution in [0.1, 0.15) is 11.1 Å². The van der Waals surface area contributed by atoms with Gasteiger partial charge in [0.25, 0.3) is 0 Å². The maximum Gasteiger partial charge on any atom is 0.175 e. The molecule has 2 rings (SSSR count). The molecule has 0 spiro atoms. The Balaban J connectivity index is 2.19. The summed E-state index contributed by atoms with van der Waals surface area (Å²) in [5, 5.41) is 0. The van der Waals surface area contributed by atoms with Crippen LogP contribution >= 0.6 is 0 Å². The van der Waals surface area contributed by atoms with Crippen molar-refractivity contribution in [2.24, 2.45) is 5.73 Å². The van der Waals surface area contributed by atoms with Crippen LogP contribution in [0, 0.1) is 5.82 Å². The molecule has 0 saturated carbocycles. The molecule has 2 aromatic rings. The van der Waals surface area contributed by atoms with Gasteiger partial charge in [0, 0.05) is 12.8 Å². The Kier molecular flexibility index (Phi) is 4.59.